The van der Waals surface area contributed by atoms with E-state index in [-0.39, 0.29) is 17.6 Å². The van der Waals surface area contributed by atoms with Crippen molar-refractivity contribution in [2.75, 3.05) is 10.6 Å². The van der Waals surface area contributed by atoms with Gasteiger partial charge in [-0.3, -0.25) is 14.6 Å². The maximum Gasteiger partial charge on any atom is 0.304 e. The number of carbonyl (C=O) groups is 2. The molecule has 0 saturated heterocycles. The number of amides is 1. The van der Waals surface area contributed by atoms with Gasteiger partial charge in [-0.05, 0) is 60.2 Å². The lowest BCUT2D eigenvalue weighted by molar-refractivity contribution is -0.137. The first-order valence-corrected chi connectivity index (χ1v) is 11.4. The van der Waals surface area contributed by atoms with Crippen LogP contribution >= 0.6 is 11.8 Å². The summed E-state index contributed by atoms with van der Waals surface area (Å²) in [5.41, 5.74) is 2.71. The van der Waals surface area contributed by atoms with Crippen LogP contribution in [-0.4, -0.2) is 27.0 Å². The molecule has 170 valence electrons. The summed E-state index contributed by atoms with van der Waals surface area (Å²) in [6.45, 7) is 0. The fourth-order valence-corrected chi connectivity index (χ4v) is 4.47. The molecule has 2 aromatic heterocycles. The van der Waals surface area contributed by atoms with Crippen LogP contribution in [0.4, 0.5) is 17.2 Å². The maximum atomic E-state index is 12.9. The number of aliphatic carboxylic acids is 1. The molecule has 8 heteroatoms. The molecule has 1 unspecified atom stereocenters. The zero-order valence-corrected chi connectivity index (χ0v) is 18.9. The number of anilines is 3. The van der Waals surface area contributed by atoms with Crippen LogP contribution in [0.15, 0.2) is 102 Å². The number of hydrogen-bond acceptors (Lipinski definition) is 6. The first-order chi connectivity index (χ1) is 16.6. The van der Waals surface area contributed by atoms with E-state index in [1.165, 1.54) is 11.8 Å². The highest BCUT2D eigenvalue weighted by molar-refractivity contribution is 7.99. The Bertz CT molecular complexity index is 1270. The molecule has 0 aliphatic carbocycles. The van der Waals surface area contributed by atoms with Crippen molar-refractivity contribution in [3.63, 3.8) is 0 Å². The van der Waals surface area contributed by atoms with Gasteiger partial charge in [-0.1, -0.05) is 24.3 Å². The number of rotatable bonds is 9. The van der Waals surface area contributed by atoms with Gasteiger partial charge in [0.1, 0.15) is 5.82 Å². The Balaban J connectivity index is 1.46. The highest BCUT2D eigenvalue weighted by Crippen LogP contribution is 2.38. The van der Waals surface area contributed by atoms with Gasteiger partial charge in [0, 0.05) is 45.7 Å². The lowest BCUT2D eigenvalue weighted by Gasteiger charge is -2.15. The smallest absolute Gasteiger partial charge is 0.304 e. The molecule has 4 rings (SSSR count). The first-order valence-electron chi connectivity index (χ1n) is 10.5. The number of nitrogens with one attached hydrogen (secondary N) is 2. The molecule has 0 aliphatic rings. The summed E-state index contributed by atoms with van der Waals surface area (Å²) in [7, 11) is 0. The molecule has 0 aliphatic heterocycles. The van der Waals surface area contributed by atoms with Gasteiger partial charge in [-0.15, -0.1) is 11.8 Å². The Labute approximate surface area is 201 Å². The maximum absolute atomic E-state index is 12.9. The quantitative estimate of drug-likeness (QED) is 0.266. The summed E-state index contributed by atoms with van der Waals surface area (Å²) in [6.07, 6.45) is 4.99. The van der Waals surface area contributed by atoms with E-state index in [1.54, 1.807) is 48.9 Å². The molecule has 2 heterocycles. The molecular formula is C26H22N4O3S. The second kappa shape index (κ2) is 11.1. The van der Waals surface area contributed by atoms with E-state index in [0.29, 0.717) is 17.1 Å². The Hall–Kier alpha value is -4.17. The molecule has 0 bridgehead atoms. The summed E-state index contributed by atoms with van der Waals surface area (Å²) < 4.78 is 0. The Morgan fingerprint density at radius 3 is 2.53 bits per heavy atom. The van der Waals surface area contributed by atoms with Crippen molar-refractivity contribution in [2.24, 2.45) is 0 Å². The van der Waals surface area contributed by atoms with Gasteiger partial charge >= 0.3 is 5.97 Å². The molecule has 0 fully saturated rings. The van der Waals surface area contributed by atoms with E-state index >= 15 is 0 Å². The Morgan fingerprint density at radius 1 is 0.912 bits per heavy atom. The van der Waals surface area contributed by atoms with Crippen LogP contribution in [0.3, 0.4) is 0 Å². The highest BCUT2D eigenvalue weighted by Gasteiger charge is 2.18. The van der Waals surface area contributed by atoms with E-state index in [2.05, 4.69) is 20.6 Å². The number of nitrogens with zero attached hydrogens (tertiary/aromatic N) is 2. The van der Waals surface area contributed by atoms with Gasteiger partial charge in [0.15, 0.2) is 0 Å². The molecule has 0 saturated carbocycles. The van der Waals surface area contributed by atoms with Crippen molar-refractivity contribution >= 4 is 40.8 Å². The number of pyridine rings is 2. The fourth-order valence-electron chi connectivity index (χ4n) is 3.29. The highest BCUT2D eigenvalue weighted by atomic mass is 32.2. The molecule has 4 aromatic rings. The zero-order valence-electron chi connectivity index (χ0n) is 18.1. The van der Waals surface area contributed by atoms with Crippen molar-refractivity contribution < 1.29 is 14.7 Å². The zero-order chi connectivity index (χ0) is 23.8. The third-order valence-electron chi connectivity index (χ3n) is 4.85. The van der Waals surface area contributed by atoms with Crippen LogP contribution in [0.5, 0.6) is 0 Å². The number of carbonyl (C=O) groups excluding carboxylic acids is 1. The van der Waals surface area contributed by atoms with E-state index in [1.807, 2.05) is 48.5 Å². The molecule has 2 aromatic carbocycles. The standard InChI is InChI=1S/C26H22N4O3S/c31-25(32)16-23(19-7-5-12-27-17-19)34-22-10-4-9-21(15-22)30-26(33)18-6-3-8-20(14-18)29-24-11-1-2-13-28-24/h1-15,17,23H,16H2,(H,28,29)(H,30,33)(H,31,32). The van der Waals surface area contributed by atoms with Crippen LogP contribution in [0.2, 0.25) is 0 Å². The molecule has 0 spiro atoms. The van der Waals surface area contributed by atoms with Gasteiger partial charge in [0.2, 0.25) is 0 Å². The van der Waals surface area contributed by atoms with Gasteiger partial charge in [-0.2, -0.15) is 0 Å². The van der Waals surface area contributed by atoms with Crippen molar-refractivity contribution in [1.29, 1.82) is 0 Å². The van der Waals surface area contributed by atoms with Crippen molar-refractivity contribution in [1.82, 2.24) is 9.97 Å². The first kappa shape index (κ1) is 23.0. The summed E-state index contributed by atoms with van der Waals surface area (Å²) in [5.74, 6) is -0.444. The minimum atomic E-state index is -0.884. The van der Waals surface area contributed by atoms with Crippen LogP contribution in [0.25, 0.3) is 0 Å². The van der Waals surface area contributed by atoms with Crippen LogP contribution in [-0.2, 0) is 4.79 Å². The number of aromatic nitrogens is 2. The van der Waals surface area contributed by atoms with E-state index in [0.717, 1.165) is 16.1 Å². The van der Waals surface area contributed by atoms with Gasteiger partial charge < -0.3 is 15.7 Å². The topological polar surface area (TPSA) is 104 Å². The third kappa shape index (κ3) is 6.43. The predicted octanol–water partition coefficient (Wildman–Crippen LogP) is 5.78. The molecule has 34 heavy (non-hydrogen) atoms. The molecular weight excluding hydrogens is 448 g/mol. The van der Waals surface area contributed by atoms with E-state index in [4.69, 9.17) is 0 Å². The molecule has 1 amide bonds. The SMILES string of the molecule is O=C(O)CC(Sc1cccc(NC(=O)c2cccc(Nc3ccccn3)c2)c1)c1cccnc1. The Morgan fingerprint density at radius 2 is 1.76 bits per heavy atom. The fraction of sp³-hybridized carbons (Fsp3) is 0.0769. The van der Waals surface area contributed by atoms with Gasteiger partial charge in [0.25, 0.3) is 5.91 Å². The molecule has 1 atom stereocenters. The van der Waals surface area contributed by atoms with Crippen molar-refractivity contribution in [3.05, 3.63) is 109 Å². The average Bonchev–Trinajstić information content (AvgIpc) is 2.85. The number of benzene rings is 2. The summed E-state index contributed by atoms with van der Waals surface area (Å²) in [5, 5.41) is 15.1. The second-order valence-electron chi connectivity index (χ2n) is 7.39. The second-order valence-corrected chi connectivity index (χ2v) is 8.67. The monoisotopic (exact) mass is 470 g/mol. The molecule has 0 radical (unpaired) electrons. The van der Waals surface area contributed by atoms with Gasteiger partial charge in [-0.25, -0.2) is 4.98 Å². The molecule has 3 N–H and O–H groups in total. The van der Waals surface area contributed by atoms with Gasteiger partial charge in [0.05, 0.1) is 6.42 Å². The Kier molecular flexibility index (Phi) is 7.52. The number of carboxylic acids is 1. The number of hydrogen-bond donors (Lipinski definition) is 3. The minimum absolute atomic E-state index is 0.0387. The van der Waals surface area contributed by atoms with Crippen LogP contribution in [0, 0.1) is 0 Å². The van der Waals surface area contributed by atoms with Crippen LogP contribution in [0.1, 0.15) is 27.6 Å². The minimum Gasteiger partial charge on any atom is -0.481 e. The molecule has 7 nitrogen and oxygen atoms in total. The summed E-state index contributed by atoms with van der Waals surface area (Å²) >= 11 is 1.42. The third-order valence-corrected chi connectivity index (χ3v) is 6.10. The normalized spacial score (nSPS) is 11.4. The largest absolute Gasteiger partial charge is 0.481 e. The number of thioether (sulfide) groups is 1. The lowest BCUT2D eigenvalue weighted by Crippen LogP contribution is -2.12. The lowest BCUT2D eigenvalue weighted by atomic mass is 10.1. The van der Waals surface area contributed by atoms with Crippen LogP contribution < -0.4 is 10.6 Å². The predicted molar refractivity (Wildman–Crippen MR) is 133 cm³/mol. The van der Waals surface area contributed by atoms with E-state index < -0.39 is 5.97 Å². The average molecular weight is 471 g/mol. The summed E-state index contributed by atoms with van der Waals surface area (Å²) in [6, 6.07) is 23.7. The van der Waals surface area contributed by atoms with Crippen molar-refractivity contribution in [3.8, 4) is 0 Å². The van der Waals surface area contributed by atoms with E-state index in [9.17, 15) is 14.7 Å². The number of carboxylic acid groups (broad SMARTS) is 1. The summed E-state index contributed by atoms with van der Waals surface area (Å²) in [4.78, 5) is 33.4. The van der Waals surface area contributed by atoms with Crippen molar-refractivity contribution in [2.45, 2.75) is 16.6 Å².